The summed E-state index contributed by atoms with van der Waals surface area (Å²) in [7, 11) is 0. The standard InChI is InChI=1S/C16H17N5OS/c1-3-5-8-20-15(22)14(23-16(20)12(10-17)11-18)9-13-6-7-19-21(13)4-2/h6-7,9H,3-5,8H2,1-2H3. The van der Waals surface area contributed by atoms with E-state index in [0.29, 0.717) is 22.3 Å². The van der Waals surface area contributed by atoms with Gasteiger partial charge in [0.25, 0.3) is 5.56 Å². The molecule has 0 bridgehead atoms. The highest BCUT2D eigenvalue weighted by atomic mass is 32.1. The van der Waals surface area contributed by atoms with Crippen LogP contribution in [-0.2, 0) is 13.1 Å². The Morgan fingerprint density at radius 1 is 1.39 bits per heavy atom. The van der Waals surface area contributed by atoms with Crippen LogP contribution in [0.1, 0.15) is 32.4 Å². The van der Waals surface area contributed by atoms with E-state index in [0.717, 1.165) is 18.5 Å². The molecule has 0 aliphatic carbocycles. The summed E-state index contributed by atoms with van der Waals surface area (Å²) in [4.78, 5) is 12.6. The van der Waals surface area contributed by atoms with Gasteiger partial charge in [-0.05, 0) is 25.5 Å². The van der Waals surface area contributed by atoms with Crippen molar-refractivity contribution in [2.45, 2.75) is 39.8 Å². The Labute approximate surface area is 137 Å². The van der Waals surface area contributed by atoms with Gasteiger partial charge in [-0.3, -0.25) is 14.0 Å². The van der Waals surface area contributed by atoms with Gasteiger partial charge < -0.3 is 0 Å². The van der Waals surface area contributed by atoms with E-state index in [1.165, 1.54) is 15.9 Å². The monoisotopic (exact) mass is 327 g/mol. The fourth-order valence-corrected chi connectivity index (χ4v) is 3.27. The third-order valence-electron chi connectivity index (χ3n) is 3.41. The molecular formula is C16H17N5OS. The lowest BCUT2D eigenvalue weighted by atomic mass is 10.3. The van der Waals surface area contributed by atoms with Crippen LogP contribution in [0.4, 0.5) is 0 Å². The minimum atomic E-state index is -0.162. The minimum Gasteiger partial charge on any atom is -0.297 e. The largest absolute Gasteiger partial charge is 0.297 e. The fraction of sp³-hybridized carbons (Fsp3) is 0.375. The van der Waals surface area contributed by atoms with Gasteiger partial charge in [-0.15, -0.1) is 11.3 Å². The molecule has 118 valence electrons. The lowest BCUT2D eigenvalue weighted by Crippen LogP contribution is -2.32. The van der Waals surface area contributed by atoms with Crippen LogP contribution in [0, 0.1) is 22.7 Å². The van der Waals surface area contributed by atoms with Gasteiger partial charge in [-0.1, -0.05) is 13.3 Å². The third kappa shape index (κ3) is 3.41. The Bertz CT molecular complexity index is 932. The molecule has 0 atom stereocenters. The van der Waals surface area contributed by atoms with Crippen LogP contribution in [0.15, 0.2) is 17.1 Å². The van der Waals surface area contributed by atoms with Crippen LogP contribution in [0.2, 0.25) is 0 Å². The predicted molar refractivity (Wildman–Crippen MR) is 88.8 cm³/mol. The topological polar surface area (TPSA) is 87.4 Å². The van der Waals surface area contributed by atoms with Crippen molar-refractivity contribution in [1.82, 2.24) is 14.3 Å². The van der Waals surface area contributed by atoms with Gasteiger partial charge >= 0.3 is 0 Å². The highest BCUT2D eigenvalue weighted by Crippen LogP contribution is 2.00. The molecule has 0 saturated heterocycles. The molecular weight excluding hydrogens is 310 g/mol. The van der Waals surface area contributed by atoms with E-state index in [-0.39, 0.29) is 11.1 Å². The zero-order valence-corrected chi connectivity index (χ0v) is 13.9. The van der Waals surface area contributed by atoms with Gasteiger partial charge in [0, 0.05) is 19.3 Å². The Kier molecular flexibility index (Phi) is 5.51. The van der Waals surface area contributed by atoms with Gasteiger partial charge in [-0.2, -0.15) is 15.6 Å². The van der Waals surface area contributed by atoms with Crippen molar-refractivity contribution in [1.29, 1.82) is 10.5 Å². The van der Waals surface area contributed by atoms with Crippen LogP contribution in [0.5, 0.6) is 0 Å². The van der Waals surface area contributed by atoms with Gasteiger partial charge in [0.2, 0.25) is 0 Å². The number of nitrogens with zero attached hydrogens (tertiary/aromatic N) is 5. The first-order chi connectivity index (χ1) is 11.2. The molecule has 2 aromatic heterocycles. The van der Waals surface area contributed by atoms with Crippen LogP contribution in [0.25, 0.3) is 11.6 Å². The molecule has 0 radical (unpaired) electrons. The first-order valence-electron chi connectivity index (χ1n) is 7.43. The number of unbranched alkanes of at least 4 members (excludes halogenated alkanes) is 1. The van der Waals surface area contributed by atoms with Crippen molar-refractivity contribution < 1.29 is 0 Å². The number of aromatic nitrogens is 3. The second kappa shape index (κ2) is 7.57. The highest BCUT2D eigenvalue weighted by molar-refractivity contribution is 7.07. The Morgan fingerprint density at radius 2 is 2.13 bits per heavy atom. The Morgan fingerprint density at radius 3 is 2.74 bits per heavy atom. The molecule has 2 rings (SSSR count). The predicted octanol–water partition coefficient (Wildman–Crippen LogP) is 0.953. The van der Waals surface area contributed by atoms with E-state index in [9.17, 15) is 4.79 Å². The number of hydrogen-bond donors (Lipinski definition) is 0. The molecule has 0 aliphatic heterocycles. The summed E-state index contributed by atoms with van der Waals surface area (Å²) in [6.07, 6.45) is 5.20. The van der Waals surface area contributed by atoms with Gasteiger partial charge in [0.15, 0.2) is 5.57 Å². The van der Waals surface area contributed by atoms with Crippen molar-refractivity contribution in [2.24, 2.45) is 0 Å². The van der Waals surface area contributed by atoms with Gasteiger partial charge in [0.05, 0.1) is 10.2 Å². The minimum absolute atomic E-state index is 0.0214. The molecule has 0 saturated carbocycles. The summed E-state index contributed by atoms with van der Waals surface area (Å²) >= 11 is 1.18. The van der Waals surface area contributed by atoms with Crippen molar-refractivity contribution in [3.8, 4) is 12.1 Å². The summed E-state index contributed by atoms with van der Waals surface area (Å²) in [6, 6.07) is 5.59. The normalized spacial score (nSPS) is 11.2. The van der Waals surface area contributed by atoms with Crippen molar-refractivity contribution in [2.75, 3.05) is 0 Å². The molecule has 0 unspecified atom stereocenters. The van der Waals surface area contributed by atoms with E-state index in [4.69, 9.17) is 10.5 Å². The van der Waals surface area contributed by atoms with Gasteiger partial charge in [-0.25, -0.2) is 0 Å². The number of hydrogen-bond acceptors (Lipinski definition) is 5. The second-order valence-electron chi connectivity index (χ2n) is 4.90. The molecule has 6 nitrogen and oxygen atoms in total. The molecule has 0 aliphatic rings. The molecule has 7 heteroatoms. The van der Waals surface area contributed by atoms with Crippen LogP contribution >= 0.6 is 11.3 Å². The number of nitriles is 2. The van der Waals surface area contributed by atoms with E-state index in [1.54, 1.807) is 17.0 Å². The number of rotatable bonds is 5. The summed E-state index contributed by atoms with van der Waals surface area (Å²) in [5.74, 6) is 0. The third-order valence-corrected chi connectivity index (χ3v) is 4.54. The van der Waals surface area contributed by atoms with E-state index in [1.807, 2.05) is 32.1 Å². The second-order valence-corrected chi connectivity index (χ2v) is 5.93. The molecule has 0 fully saturated rings. The van der Waals surface area contributed by atoms with Crippen molar-refractivity contribution in [3.63, 3.8) is 0 Å². The van der Waals surface area contributed by atoms with E-state index in [2.05, 4.69) is 5.10 Å². The molecule has 2 heterocycles. The summed E-state index contributed by atoms with van der Waals surface area (Å²) in [5.41, 5.74) is 0.646. The maximum absolute atomic E-state index is 12.6. The number of thiazole rings is 1. The Balaban J connectivity index is 2.74. The number of aryl methyl sites for hydroxylation is 1. The molecule has 23 heavy (non-hydrogen) atoms. The summed E-state index contributed by atoms with van der Waals surface area (Å²) in [6.45, 7) is 5.22. The fourth-order valence-electron chi connectivity index (χ4n) is 2.21. The van der Waals surface area contributed by atoms with Crippen LogP contribution in [0.3, 0.4) is 0 Å². The zero-order valence-electron chi connectivity index (χ0n) is 13.1. The summed E-state index contributed by atoms with van der Waals surface area (Å²) < 4.78 is 4.26. The van der Waals surface area contributed by atoms with Crippen LogP contribution in [-0.4, -0.2) is 14.3 Å². The van der Waals surface area contributed by atoms with E-state index < -0.39 is 0 Å². The Hall–Kier alpha value is -2.64. The SMILES string of the molecule is CCCCn1c(=C(C#N)C#N)sc(=Cc2ccnn2CC)c1=O. The van der Waals surface area contributed by atoms with Gasteiger partial charge in [0.1, 0.15) is 16.8 Å². The average Bonchev–Trinajstić information content (AvgIpc) is 3.13. The molecule has 0 spiro atoms. The molecule has 0 amide bonds. The first kappa shape index (κ1) is 16.7. The van der Waals surface area contributed by atoms with Crippen molar-refractivity contribution in [3.05, 3.63) is 37.5 Å². The smallest absolute Gasteiger partial charge is 0.269 e. The quantitative estimate of drug-likeness (QED) is 0.818. The average molecular weight is 327 g/mol. The van der Waals surface area contributed by atoms with E-state index >= 15 is 0 Å². The highest BCUT2D eigenvalue weighted by Gasteiger charge is 2.09. The molecule has 0 N–H and O–H groups in total. The van der Waals surface area contributed by atoms with Crippen molar-refractivity contribution >= 4 is 23.0 Å². The molecule has 2 aromatic rings. The zero-order chi connectivity index (χ0) is 16.8. The molecule has 0 aromatic carbocycles. The summed E-state index contributed by atoms with van der Waals surface area (Å²) in [5, 5.41) is 22.4. The maximum Gasteiger partial charge on any atom is 0.269 e. The lowest BCUT2D eigenvalue weighted by molar-refractivity contribution is 0.609. The first-order valence-corrected chi connectivity index (χ1v) is 8.25. The lowest BCUT2D eigenvalue weighted by Gasteiger charge is -1.99. The van der Waals surface area contributed by atoms with Crippen LogP contribution < -0.4 is 14.8 Å². The maximum atomic E-state index is 12.6.